The third-order valence-corrected chi connectivity index (χ3v) is 3.43. The first-order chi connectivity index (χ1) is 6.31. The quantitative estimate of drug-likeness (QED) is 0.562. The van der Waals surface area contributed by atoms with Crippen molar-refractivity contribution in [3.8, 4) is 0 Å². The third-order valence-electron chi connectivity index (χ3n) is 3.43. The standard InChI is InChI=1S/C12H15.Li/c1-3-7-11(8-4-1)12-9-5-2-6-10-12;/h1,3-4,7-8H,2,5-6,9-10H2;. The topological polar surface area (TPSA) is 0 Å². The first kappa shape index (κ1) is 9.38. The van der Waals surface area contributed by atoms with Crippen LogP contribution in [0.25, 0.3) is 0 Å². The van der Waals surface area contributed by atoms with Gasteiger partial charge in [-0.3, -0.25) is 0 Å². The number of hydrogen-bond acceptors (Lipinski definition) is 0. The Morgan fingerprint density at radius 1 is 0.923 bits per heavy atom. The van der Waals surface area contributed by atoms with Crippen molar-refractivity contribution < 1.29 is 0 Å². The van der Waals surface area contributed by atoms with Gasteiger partial charge in [-0.05, 0) is 0 Å². The van der Waals surface area contributed by atoms with Crippen molar-refractivity contribution >= 4 is 17.7 Å². The fourth-order valence-electron chi connectivity index (χ4n) is 2.46. The molecule has 0 unspecified atom stereocenters. The molecule has 0 aromatic heterocycles. The summed E-state index contributed by atoms with van der Waals surface area (Å²) in [6, 6.07) is 11.0. The fourth-order valence-corrected chi connectivity index (χ4v) is 2.46. The molecule has 1 aliphatic carbocycles. The summed E-state index contributed by atoms with van der Waals surface area (Å²) in [5, 5.41) is 0. The molecule has 0 N–H and O–H groups in total. The molecule has 1 aromatic carbocycles. The van der Waals surface area contributed by atoms with Gasteiger partial charge in [-0.15, -0.1) is 0 Å². The Morgan fingerprint density at radius 3 is 2.15 bits per heavy atom. The summed E-state index contributed by atoms with van der Waals surface area (Å²) in [4.78, 5) is 0. The zero-order valence-electron chi connectivity index (χ0n) is 8.42. The van der Waals surface area contributed by atoms with Gasteiger partial charge in [0.1, 0.15) is 0 Å². The van der Waals surface area contributed by atoms with Crippen molar-refractivity contribution in [1.82, 2.24) is 0 Å². The van der Waals surface area contributed by atoms with Crippen LogP contribution in [0.2, 0.25) is 0 Å². The molecule has 0 bridgehead atoms. The molecule has 1 fully saturated rings. The van der Waals surface area contributed by atoms with E-state index in [1.807, 2.05) is 0 Å². The summed E-state index contributed by atoms with van der Waals surface area (Å²) in [6.45, 7) is 0. The molecule has 0 heterocycles. The molecular weight excluding hydrogens is 151 g/mol. The van der Waals surface area contributed by atoms with Gasteiger partial charge in [-0.2, -0.15) is 0 Å². The second kappa shape index (κ2) is 3.91. The number of hydrogen-bond donors (Lipinski definition) is 0. The van der Waals surface area contributed by atoms with Crippen molar-refractivity contribution in [2.45, 2.75) is 36.2 Å². The van der Waals surface area contributed by atoms with Crippen LogP contribution < -0.4 is 0 Å². The molecule has 0 amide bonds. The van der Waals surface area contributed by atoms with Gasteiger partial charge in [0.05, 0.1) is 0 Å². The van der Waals surface area contributed by atoms with Crippen molar-refractivity contribution in [3.05, 3.63) is 35.9 Å². The van der Waals surface area contributed by atoms with Gasteiger partial charge >= 0.3 is 89.8 Å². The molecule has 0 saturated heterocycles. The average Bonchev–Trinajstić information content (AvgIpc) is 2.20. The van der Waals surface area contributed by atoms with Crippen LogP contribution in [0.5, 0.6) is 0 Å². The second-order valence-electron chi connectivity index (χ2n) is 4.49. The third kappa shape index (κ3) is 2.01. The van der Waals surface area contributed by atoms with E-state index >= 15 is 0 Å². The maximum atomic E-state index is 2.42. The Morgan fingerprint density at radius 2 is 1.54 bits per heavy atom. The summed E-state index contributed by atoms with van der Waals surface area (Å²) in [7, 11) is 0. The normalized spacial score (nSPS) is 21.4. The van der Waals surface area contributed by atoms with E-state index in [0.717, 1.165) is 0 Å². The van der Waals surface area contributed by atoms with Crippen LogP contribution in [-0.2, 0) is 4.09 Å². The summed E-state index contributed by atoms with van der Waals surface area (Å²) in [6.07, 6.45) is 6.99. The maximum absolute atomic E-state index is 2.42. The minimum atomic E-state index is 0.472. The van der Waals surface area contributed by atoms with Gasteiger partial charge in [0, 0.05) is 0 Å². The van der Waals surface area contributed by atoms with Crippen LogP contribution in [0.4, 0.5) is 0 Å². The SMILES string of the molecule is [Li][C]1(c2ccccc2)CCCCC1. The van der Waals surface area contributed by atoms with Crippen molar-refractivity contribution in [2.24, 2.45) is 0 Å². The van der Waals surface area contributed by atoms with Crippen LogP contribution in [0, 0.1) is 0 Å². The number of rotatable bonds is 1. The predicted molar refractivity (Wildman–Crippen MR) is 57.0 cm³/mol. The molecule has 1 saturated carbocycles. The van der Waals surface area contributed by atoms with Crippen LogP contribution in [-0.4, -0.2) is 17.7 Å². The Balaban J connectivity index is 2.23. The van der Waals surface area contributed by atoms with Crippen molar-refractivity contribution in [2.75, 3.05) is 0 Å². The Bertz CT molecular complexity index is 260. The van der Waals surface area contributed by atoms with E-state index in [2.05, 4.69) is 48.0 Å². The van der Waals surface area contributed by atoms with Gasteiger partial charge in [0.25, 0.3) is 0 Å². The Kier molecular flexibility index (Phi) is 2.82. The van der Waals surface area contributed by atoms with Gasteiger partial charge in [0.15, 0.2) is 0 Å². The number of benzene rings is 1. The minimum absolute atomic E-state index is 0.472. The van der Waals surface area contributed by atoms with Crippen molar-refractivity contribution in [1.29, 1.82) is 0 Å². The van der Waals surface area contributed by atoms with Gasteiger partial charge in [0.2, 0.25) is 0 Å². The predicted octanol–water partition coefficient (Wildman–Crippen LogP) is 3.01. The van der Waals surface area contributed by atoms with Crippen LogP contribution in [0.1, 0.15) is 37.7 Å². The van der Waals surface area contributed by atoms with Crippen LogP contribution >= 0.6 is 0 Å². The molecule has 0 aliphatic heterocycles. The molecule has 0 atom stereocenters. The zero-order valence-corrected chi connectivity index (χ0v) is 8.42. The molecule has 64 valence electrons. The van der Waals surface area contributed by atoms with E-state index < -0.39 is 0 Å². The molecule has 1 aromatic rings. The summed E-state index contributed by atoms with van der Waals surface area (Å²) in [5.74, 6) is 0. The van der Waals surface area contributed by atoms with E-state index in [0.29, 0.717) is 4.09 Å². The Hall–Kier alpha value is -0.183. The summed E-state index contributed by atoms with van der Waals surface area (Å²) < 4.78 is 0.472. The molecular formula is C12H15Li. The molecule has 0 nitrogen and oxygen atoms in total. The molecule has 0 radical (unpaired) electrons. The van der Waals surface area contributed by atoms with E-state index in [-0.39, 0.29) is 0 Å². The van der Waals surface area contributed by atoms with E-state index in [1.54, 1.807) is 0 Å². The zero-order chi connectivity index (χ0) is 9.15. The van der Waals surface area contributed by atoms with Crippen molar-refractivity contribution in [3.63, 3.8) is 0 Å². The van der Waals surface area contributed by atoms with Gasteiger partial charge in [-0.1, -0.05) is 0 Å². The van der Waals surface area contributed by atoms with E-state index in [1.165, 1.54) is 37.7 Å². The van der Waals surface area contributed by atoms with Gasteiger partial charge < -0.3 is 0 Å². The summed E-state index contributed by atoms with van der Waals surface area (Å²) >= 11 is 2.42. The molecule has 13 heavy (non-hydrogen) atoms. The molecule has 1 aliphatic rings. The average molecular weight is 166 g/mol. The monoisotopic (exact) mass is 166 g/mol. The molecule has 2 rings (SSSR count). The first-order valence-corrected chi connectivity index (χ1v) is 5.37. The van der Waals surface area contributed by atoms with Crippen LogP contribution in [0.3, 0.4) is 0 Å². The summed E-state index contributed by atoms with van der Waals surface area (Å²) in [5.41, 5.74) is 1.54. The van der Waals surface area contributed by atoms with Crippen LogP contribution in [0.15, 0.2) is 30.3 Å². The Labute approximate surface area is 89.9 Å². The molecule has 1 heteroatoms. The second-order valence-corrected chi connectivity index (χ2v) is 4.49. The first-order valence-electron chi connectivity index (χ1n) is 5.37. The van der Waals surface area contributed by atoms with E-state index in [4.69, 9.17) is 0 Å². The molecule has 0 spiro atoms. The fraction of sp³-hybridized carbons (Fsp3) is 0.500. The van der Waals surface area contributed by atoms with Gasteiger partial charge in [-0.25, -0.2) is 0 Å². The van der Waals surface area contributed by atoms with E-state index in [9.17, 15) is 0 Å².